The van der Waals surface area contributed by atoms with Gasteiger partial charge in [0.05, 0.1) is 0 Å². The average Bonchev–Trinajstić information content (AvgIpc) is 2.88. The number of alkyl halides is 3. The standard InChI is InChI=1S/C16H18F3N3O8/c1-7(23)20-11-4-5-22(15(26)21-11)14-13(30-16(17,18)19)12(28-9(3)25)10(29-14)6-27-8(2)24/h4-5,10,12-14H,6H2,1-3H3,(H,20,21,23,26)/t10-,12-,13-,14-/m1/s1. The summed E-state index contributed by atoms with van der Waals surface area (Å²) >= 11 is 0. The number of ether oxygens (including phenoxy) is 4. The second-order valence-electron chi connectivity index (χ2n) is 6.15. The van der Waals surface area contributed by atoms with Crippen molar-refractivity contribution in [2.45, 2.75) is 51.7 Å². The first kappa shape index (κ1) is 23.3. The summed E-state index contributed by atoms with van der Waals surface area (Å²) in [6.45, 7) is 2.63. The van der Waals surface area contributed by atoms with Crippen molar-refractivity contribution >= 4 is 23.7 Å². The number of halogens is 3. The van der Waals surface area contributed by atoms with Crippen LogP contribution >= 0.6 is 0 Å². The minimum Gasteiger partial charge on any atom is -0.463 e. The monoisotopic (exact) mass is 437 g/mol. The fourth-order valence-electron chi connectivity index (χ4n) is 2.74. The molecule has 2 heterocycles. The van der Waals surface area contributed by atoms with E-state index in [1.807, 2.05) is 0 Å². The van der Waals surface area contributed by atoms with E-state index >= 15 is 0 Å². The molecule has 1 aromatic heterocycles. The van der Waals surface area contributed by atoms with Crippen LogP contribution in [0, 0.1) is 0 Å². The predicted molar refractivity (Wildman–Crippen MR) is 89.8 cm³/mol. The van der Waals surface area contributed by atoms with Gasteiger partial charge in [0.2, 0.25) is 5.91 Å². The molecule has 166 valence electrons. The molecule has 11 nitrogen and oxygen atoms in total. The van der Waals surface area contributed by atoms with Crippen molar-refractivity contribution in [1.29, 1.82) is 0 Å². The zero-order chi connectivity index (χ0) is 22.6. The largest absolute Gasteiger partial charge is 0.523 e. The van der Waals surface area contributed by atoms with Crippen LogP contribution < -0.4 is 11.0 Å². The first-order chi connectivity index (χ1) is 13.9. The molecule has 14 heteroatoms. The molecule has 0 radical (unpaired) electrons. The SMILES string of the molecule is CC(=O)Nc1ccn([C@@H]2O[C@H](COC(C)=O)[C@@H](OC(C)=O)[C@H]2OC(F)(F)F)c(=O)n1. The maximum absolute atomic E-state index is 13.0. The van der Waals surface area contributed by atoms with Crippen LogP contribution in [-0.4, -0.2) is 58.7 Å². The van der Waals surface area contributed by atoms with E-state index in [1.54, 1.807) is 0 Å². The van der Waals surface area contributed by atoms with Crippen molar-refractivity contribution < 1.29 is 46.5 Å². The average molecular weight is 437 g/mol. The number of hydrogen-bond acceptors (Lipinski definition) is 9. The zero-order valence-electron chi connectivity index (χ0n) is 16.0. The number of carbonyl (C=O) groups is 3. The quantitative estimate of drug-likeness (QED) is 0.631. The number of esters is 2. The Morgan fingerprint density at radius 2 is 1.87 bits per heavy atom. The molecule has 1 fully saturated rings. The fourth-order valence-corrected chi connectivity index (χ4v) is 2.74. The molecule has 1 aliphatic heterocycles. The van der Waals surface area contributed by atoms with Gasteiger partial charge in [-0.15, -0.1) is 13.2 Å². The normalized spacial score (nSPS) is 23.7. The third kappa shape index (κ3) is 6.25. The van der Waals surface area contributed by atoms with Crippen molar-refractivity contribution in [3.8, 4) is 0 Å². The predicted octanol–water partition coefficient (Wildman–Crippen LogP) is 0.499. The Hall–Kier alpha value is -3.00. The Morgan fingerprint density at radius 1 is 1.20 bits per heavy atom. The van der Waals surface area contributed by atoms with Gasteiger partial charge in [-0.25, -0.2) is 4.79 Å². The Balaban J connectivity index is 2.43. The molecule has 30 heavy (non-hydrogen) atoms. The first-order valence-electron chi connectivity index (χ1n) is 8.44. The van der Waals surface area contributed by atoms with Crippen LogP contribution in [0.1, 0.15) is 27.0 Å². The smallest absolute Gasteiger partial charge is 0.463 e. The topological polar surface area (TPSA) is 135 Å². The molecular weight excluding hydrogens is 419 g/mol. The highest BCUT2D eigenvalue weighted by atomic mass is 19.4. The number of aromatic nitrogens is 2. The van der Waals surface area contributed by atoms with Gasteiger partial charge < -0.3 is 19.5 Å². The van der Waals surface area contributed by atoms with Gasteiger partial charge in [0, 0.05) is 27.0 Å². The number of amides is 1. The minimum absolute atomic E-state index is 0.136. The molecule has 4 atom stereocenters. The van der Waals surface area contributed by atoms with Gasteiger partial charge in [-0.1, -0.05) is 0 Å². The van der Waals surface area contributed by atoms with E-state index in [0.29, 0.717) is 4.57 Å². The van der Waals surface area contributed by atoms with E-state index in [2.05, 4.69) is 15.0 Å². The zero-order valence-corrected chi connectivity index (χ0v) is 16.0. The van der Waals surface area contributed by atoms with Crippen molar-refractivity contribution in [2.24, 2.45) is 0 Å². The Kier molecular flexibility index (Phi) is 7.15. The second-order valence-corrected chi connectivity index (χ2v) is 6.15. The number of anilines is 1. The highest BCUT2D eigenvalue weighted by Gasteiger charge is 2.53. The van der Waals surface area contributed by atoms with Crippen LogP contribution in [0.5, 0.6) is 0 Å². The van der Waals surface area contributed by atoms with Crippen molar-refractivity contribution in [3.05, 3.63) is 22.7 Å². The number of hydrogen-bond donors (Lipinski definition) is 1. The third-order valence-corrected chi connectivity index (χ3v) is 3.72. The molecule has 1 aromatic rings. The second kappa shape index (κ2) is 9.21. The van der Waals surface area contributed by atoms with Gasteiger partial charge in [0.15, 0.2) is 18.4 Å². The van der Waals surface area contributed by atoms with Gasteiger partial charge >= 0.3 is 24.0 Å². The summed E-state index contributed by atoms with van der Waals surface area (Å²) in [5, 5.41) is 2.25. The Labute approximate surface area is 167 Å². The summed E-state index contributed by atoms with van der Waals surface area (Å²) in [5.41, 5.74) is -1.07. The number of carbonyl (C=O) groups excluding carboxylic acids is 3. The van der Waals surface area contributed by atoms with Crippen LogP contribution in [0.3, 0.4) is 0 Å². The van der Waals surface area contributed by atoms with Gasteiger partial charge in [-0.05, 0) is 6.07 Å². The van der Waals surface area contributed by atoms with E-state index < -0.39 is 61.0 Å². The van der Waals surface area contributed by atoms with Crippen LogP contribution in [0.4, 0.5) is 19.0 Å². The number of nitrogens with one attached hydrogen (secondary N) is 1. The highest BCUT2D eigenvalue weighted by molar-refractivity contribution is 5.87. The molecular formula is C16H18F3N3O8. The van der Waals surface area contributed by atoms with E-state index in [0.717, 1.165) is 26.1 Å². The van der Waals surface area contributed by atoms with Crippen LogP contribution in [0.15, 0.2) is 17.1 Å². The fraction of sp³-hybridized carbons (Fsp3) is 0.562. The molecule has 0 bridgehead atoms. The summed E-state index contributed by atoms with van der Waals surface area (Å²) in [4.78, 5) is 49.4. The number of nitrogens with zero attached hydrogens (tertiary/aromatic N) is 2. The minimum atomic E-state index is -5.17. The molecule has 1 amide bonds. The summed E-state index contributed by atoms with van der Waals surface area (Å²) in [7, 11) is 0. The summed E-state index contributed by atoms with van der Waals surface area (Å²) in [6, 6.07) is 1.15. The van der Waals surface area contributed by atoms with Crippen molar-refractivity contribution in [2.75, 3.05) is 11.9 Å². The van der Waals surface area contributed by atoms with Crippen LogP contribution in [-0.2, 0) is 33.3 Å². The molecule has 0 unspecified atom stereocenters. The van der Waals surface area contributed by atoms with Gasteiger partial charge in [-0.2, -0.15) is 4.98 Å². The van der Waals surface area contributed by atoms with Gasteiger partial charge in [0.1, 0.15) is 18.5 Å². The van der Waals surface area contributed by atoms with E-state index in [1.165, 1.54) is 6.92 Å². The molecule has 0 aromatic carbocycles. The first-order valence-corrected chi connectivity index (χ1v) is 8.44. The molecule has 0 saturated carbocycles. The lowest BCUT2D eigenvalue weighted by Crippen LogP contribution is -2.43. The van der Waals surface area contributed by atoms with E-state index in [-0.39, 0.29) is 5.82 Å². The third-order valence-electron chi connectivity index (χ3n) is 3.72. The Morgan fingerprint density at radius 3 is 2.37 bits per heavy atom. The van der Waals surface area contributed by atoms with Crippen LogP contribution in [0.25, 0.3) is 0 Å². The lowest BCUT2D eigenvalue weighted by Gasteiger charge is -2.25. The molecule has 0 spiro atoms. The van der Waals surface area contributed by atoms with E-state index in [4.69, 9.17) is 14.2 Å². The molecule has 1 N–H and O–H groups in total. The summed E-state index contributed by atoms with van der Waals surface area (Å²) in [5.74, 6) is -2.36. The maximum Gasteiger partial charge on any atom is 0.523 e. The number of rotatable bonds is 6. The highest BCUT2D eigenvalue weighted by Crippen LogP contribution is 2.37. The lowest BCUT2D eigenvalue weighted by atomic mass is 10.1. The van der Waals surface area contributed by atoms with Gasteiger partial charge in [0.25, 0.3) is 0 Å². The molecule has 1 aliphatic rings. The molecule has 0 aliphatic carbocycles. The molecule has 1 saturated heterocycles. The molecule has 2 rings (SSSR count). The van der Waals surface area contributed by atoms with Crippen molar-refractivity contribution in [1.82, 2.24) is 9.55 Å². The lowest BCUT2D eigenvalue weighted by molar-refractivity contribution is -0.356. The summed E-state index contributed by atoms with van der Waals surface area (Å²) in [6.07, 6.45) is -10.9. The maximum atomic E-state index is 13.0. The van der Waals surface area contributed by atoms with Crippen LogP contribution in [0.2, 0.25) is 0 Å². The van der Waals surface area contributed by atoms with Crippen molar-refractivity contribution in [3.63, 3.8) is 0 Å². The Bertz CT molecular complexity index is 872. The summed E-state index contributed by atoms with van der Waals surface area (Å²) < 4.78 is 58.8. The van der Waals surface area contributed by atoms with Gasteiger partial charge in [-0.3, -0.25) is 23.7 Å². The van der Waals surface area contributed by atoms with E-state index in [9.17, 15) is 32.3 Å².